The van der Waals surface area contributed by atoms with Gasteiger partial charge in [0, 0.05) is 21.3 Å². The Morgan fingerprint density at radius 3 is 1.10 bits per heavy atom. The minimum atomic E-state index is -2.51. The SMILES string of the molecule is CCCCCCCCCCCCCCCCCCCCC=C[Si](OC)(OC)OC. The van der Waals surface area contributed by atoms with E-state index in [1.54, 1.807) is 21.3 Å². The molecule has 0 fully saturated rings. The fourth-order valence-corrected chi connectivity index (χ4v) is 5.21. The highest BCUT2D eigenvalue weighted by atomic mass is 28.4. The maximum absolute atomic E-state index is 5.38. The van der Waals surface area contributed by atoms with E-state index in [0.717, 1.165) is 6.42 Å². The Hall–Kier alpha value is -0.163. The Morgan fingerprint density at radius 1 is 0.483 bits per heavy atom. The van der Waals surface area contributed by atoms with Crippen molar-refractivity contribution in [2.75, 3.05) is 21.3 Å². The molecule has 0 N–H and O–H groups in total. The summed E-state index contributed by atoms with van der Waals surface area (Å²) >= 11 is 0. The van der Waals surface area contributed by atoms with Gasteiger partial charge in [-0.1, -0.05) is 122 Å². The summed E-state index contributed by atoms with van der Waals surface area (Å²) in [6.45, 7) is 2.29. The first-order valence-electron chi connectivity index (χ1n) is 12.6. The lowest BCUT2D eigenvalue weighted by Crippen LogP contribution is -2.40. The third-order valence-corrected chi connectivity index (χ3v) is 8.25. The lowest BCUT2D eigenvalue weighted by Gasteiger charge is -2.20. The van der Waals surface area contributed by atoms with Gasteiger partial charge in [0.1, 0.15) is 0 Å². The van der Waals surface area contributed by atoms with E-state index in [9.17, 15) is 0 Å². The summed E-state index contributed by atoms with van der Waals surface area (Å²) in [7, 11) is 2.45. The topological polar surface area (TPSA) is 27.7 Å². The van der Waals surface area contributed by atoms with Crippen molar-refractivity contribution in [3.05, 3.63) is 11.8 Å². The molecule has 0 aliphatic rings. The van der Waals surface area contributed by atoms with Gasteiger partial charge in [-0.3, -0.25) is 0 Å². The van der Waals surface area contributed by atoms with Gasteiger partial charge >= 0.3 is 8.80 Å². The highest BCUT2D eigenvalue weighted by Crippen LogP contribution is 2.15. The zero-order chi connectivity index (χ0) is 21.5. The molecule has 174 valence electrons. The van der Waals surface area contributed by atoms with Gasteiger partial charge in [-0.25, -0.2) is 0 Å². The summed E-state index contributed by atoms with van der Waals surface area (Å²) < 4.78 is 16.2. The van der Waals surface area contributed by atoms with Crippen LogP contribution in [0.5, 0.6) is 0 Å². The normalized spacial score (nSPS) is 12.3. The molecule has 0 heterocycles. The second-order valence-corrected chi connectivity index (χ2v) is 11.2. The van der Waals surface area contributed by atoms with E-state index < -0.39 is 8.80 Å². The van der Waals surface area contributed by atoms with Crippen molar-refractivity contribution in [1.82, 2.24) is 0 Å². The van der Waals surface area contributed by atoms with Crippen molar-refractivity contribution >= 4 is 8.80 Å². The first kappa shape index (κ1) is 28.8. The number of hydrogen-bond acceptors (Lipinski definition) is 3. The molecule has 0 aliphatic heterocycles. The zero-order valence-electron chi connectivity index (χ0n) is 20.3. The summed E-state index contributed by atoms with van der Waals surface area (Å²) in [5.74, 6) is 0. The van der Waals surface area contributed by atoms with Crippen LogP contribution in [0.15, 0.2) is 11.8 Å². The molecule has 0 saturated heterocycles. The third-order valence-electron chi connectivity index (χ3n) is 5.90. The number of hydrogen-bond donors (Lipinski definition) is 0. The summed E-state index contributed by atoms with van der Waals surface area (Å²) in [6.07, 6.45) is 28.8. The lowest BCUT2D eigenvalue weighted by molar-refractivity contribution is 0.138. The van der Waals surface area contributed by atoms with Crippen LogP contribution in [0.3, 0.4) is 0 Å². The molecule has 0 aromatic carbocycles. The van der Waals surface area contributed by atoms with Crippen LogP contribution in [-0.4, -0.2) is 30.1 Å². The summed E-state index contributed by atoms with van der Waals surface area (Å²) in [6, 6.07) is 0. The predicted octanol–water partition coefficient (Wildman–Crippen LogP) is 8.39. The van der Waals surface area contributed by atoms with Crippen LogP contribution in [0.25, 0.3) is 0 Å². The largest absolute Gasteiger partial charge is 0.528 e. The van der Waals surface area contributed by atoms with Crippen molar-refractivity contribution in [2.24, 2.45) is 0 Å². The number of unbranched alkanes of at least 4 members (excludes halogenated alkanes) is 18. The van der Waals surface area contributed by atoms with E-state index in [4.69, 9.17) is 13.3 Å². The molecule has 29 heavy (non-hydrogen) atoms. The summed E-state index contributed by atoms with van der Waals surface area (Å²) in [4.78, 5) is 0. The Labute approximate surface area is 184 Å². The Bertz CT molecular complexity index is 335. The van der Waals surface area contributed by atoms with Gasteiger partial charge in [0.05, 0.1) is 0 Å². The summed E-state index contributed by atoms with van der Waals surface area (Å²) in [5.41, 5.74) is 2.00. The van der Waals surface area contributed by atoms with E-state index in [1.807, 2.05) is 5.70 Å². The predicted molar refractivity (Wildman–Crippen MR) is 129 cm³/mol. The average Bonchev–Trinajstić information content (AvgIpc) is 2.75. The molecular weight excluding hydrogens is 376 g/mol. The summed E-state index contributed by atoms with van der Waals surface area (Å²) in [5, 5.41) is 0. The Balaban J connectivity index is 3.24. The van der Waals surface area contributed by atoms with E-state index in [1.165, 1.54) is 116 Å². The van der Waals surface area contributed by atoms with Crippen LogP contribution in [0, 0.1) is 0 Å². The smallest absolute Gasteiger partial charge is 0.374 e. The fraction of sp³-hybridized carbons (Fsp3) is 0.920. The van der Waals surface area contributed by atoms with E-state index in [-0.39, 0.29) is 0 Å². The fourth-order valence-electron chi connectivity index (χ4n) is 3.85. The molecule has 0 spiro atoms. The van der Waals surface area contributed by atoms with Crippen molar-refractivity contribution < 1.29 is 13.3 Å². The molecule has 0 aromatic heterocycles. The van der Waals surface area contributed by atoms with Crippen LogP contribution in [-0.2, 0) is 13.3 Å². The highest BCUT2D eigenvalue weighted by Gasteiger charge is 2.33. The van der Waals surface area contributed by atoms with E-state index in [0.29, 0.717) is 0 Å². The van der Waals surface area contributed by atoms with Crippen LogP contribution in [0.1, 0.15) is 129 Å². The maximum atomic E-state index is 5.38. The number of rotatable bonds is 23. The maximum Gasteiger partial charge on any atom is 0.528 e. The lowest BCUT2D eigenvalue weighted by atomic mass is 10.0. The van der Waals surface area contributed by atoms with Gasteiger partial charge < -0.3 is 13.3 Å². The first-order chi connectivity index (χ1) is 14.2. The third kappa shape index (κ3) is 18.3. The van der Waals surface area contributed by atoms with Crippen LogP contribution in [0.2, 0.25) is 0 Å². The quantitative estimate of drug-likeness (QED) is 0.121. The zero-order valence-corrected chi connectivity index (χ0v) is 21.3. The van der Waals surface area contributed by atoms with Crippen LogP contribution in [0.4, 0.5) is 0 Å². The molecular formula is C25H52O3Si. The minimum absolute atomic E-state index is 1.09. The molecule has 0 rings (SSSR count). The molecule has 0 aliphatic carbocycles. The number of allylic oxidation sites excluding steroid dienone is 1. The van der Waals surface area contributed by atoms with Gasteiger partial charge in [0.2, 0.25) is 0 Å². The molecule has 0 bridgehead atoms. The van der Waals surface area contributed by atoms with Gasteiger partial charge in [0.25, 0.3) is 0 Å². The molecule has 0 amide bonds. The van der Waals surface area contributed by atoms with E-state index >= 15 is 0 Å². The van der Waals surface area contributed by atoms with Gasteiger partial charge in [-0.05, 0) is 18.5 Å². The molecule has 0 saturated carbocycles. The molecule has 0 atom stereocenters. The Morgan fingerprint density at radius 2 is 0.793 bits per heavy atom. The molecule has 0 radical (unpaired) electrons. The van der Waals surface area contributed by atoms with Gasteiger partial charge in [-0.15, -0.1) is 0 Å². The Kier molecular flexibility index (Phi) is 22.4. The first-order valence-corrected chi connectivity index (χ1v) is 14.4. The second-order valence-electron chi connectivity index (χ2n) is 8.42. The standard InChI is InChI=1S/C25H52O3Si/c1-5-6-7-8-9-10-11-12-13-14-15-16-17-18-19-20-21-22-23-24-25-29(26-2,27-3)28-4/h24-25H,5-23H2,1-4H3. The highest BCUT2D eigenvalue weighted by molar-refractivity contribution is 6.66. The minimum Gasteiger partial charge on any atom is -0.374 e. The molecule has 4 heteroatoms. The second kappa shape index (κ2) is 22.5. The van der Waals surface area contributed by atoms with Crippen molar-refractivity contribution in [3.63, 3.8) is 0 Å². The van der Waals surface area contributed by atoms with Crippen molar-refractivity contribution in [1.29, 1.82) is 0 Å². The average molecular weight is 429 g/mol. The van der Waals surface area contributed by atoms with Crippen LogP contribution < -0.4 is 0 Å². The molecule has 0 unspecified atom stereocenters. The molecule has 3 nitrogen and oxygen atoms in total. The van der Waals surface area contributed by atoms with Crippen molar-refractivity contribution in [2.45, 2.75) is 129 Å². The van der Waals surface area contributed by atoms with Gasteiger partial charge in [-0.2, -0.15) is 0 Å². The van der Waals surface area contributed by atoms with Crippen molar-refractivity contribution in [3.8, 4) is 0 Å². The van der Waals surface area contributed by atoms with Crippen LogP contribution >= 0.6 is 0 Å². The monoisotopic (exact) mass is 428 g/mol. The molecule has 0 aromatic rings. The van der Waals surface area contributed by atoms with E-state index in [2.05, 4.69) is 13.0 Å². The van der Waals surface area contributed by atoms with Gasteiger partial charge in [0.15, 0.2) is 0 Å².